The lowest BCUT2D eigenvalue weighted by molar-refractivity contribution is 0.190. The summed E-state index contributed by atoms with van der Waals surface area (Å²) in [5.41, 5.74) is 4.58. The van der Waals surface area contributed by atoms with Gasteiger partial charge in [-0.15, -0.1) is 0 Å². The minimum absolute atomic E-state index is 0.464. The van der Waals surface area contributed by atoms with E-state index in [9.17, 15) is 0 Å². The molecule has 2 rings (SSSR count). The smallest absolute Gasteiger partial charge is 0.0695 e. The molecule has 0 amide bonds. The molecule has 74 valence electrons. The van der Waals surface area contributed by atoms with Crippen LogP contribution in [0.25, 0.3) is 0 Å². The van der Waals surface area contributed by atoms with Crippen LogP contribution >= 0.6 is 0 Å². The van der Waals surface area contributed by atoms with E-state index >= 15 is 0 Å². The van der Waals surface area contributed by atoms with Gasteiger partial charge in [0.15, 0.2) is 0 Å². The second-order valence-electron chi connectivity index (χ2n) is 3.94. The molecular weight excluding hydrogens is 164 g/mol. The summed E-state index contributed by atoms with van der Waals surface area (Å²) in [6.07, 6.45) is 4.87. The zero-order chi connectivity index (χ0) is 9.10. The number of hydrogen-bond donors (Lipinski definition) is 1. The lowest BCUT2D eigenvalue weighted by Gasteiger charge is -2.27. The maximum atomic E-state index is 5.26. The molecule has 2 aliphatic rings. The molecule has 1 saturated carbocycles. The van der Waals surface area contributed by atoms with Crippen LogP contribution in [0.5, 0.6) is 0 Å². The van der Waals surface area contributed by atoms with Crippen LogP contribution in [-0.2, 0) is 4.74 Å². The van der Waals surface area contributed by atoms with Gasteiger partial charge >= 0.3 is 0 Å². The van der Waals surface area contributed by atoms with Gasteiger partial charge < -0.3 is 10.2 Å². The first-order chi connectivity index (χ1) is 6.40. The second kappa shape index (κ2) is 4.09. The highest BCUT2D eigenvalue weighted by atomic mass is 16.5. The lowest BCUT2D eigenvalue weighted by Crippen LogP contribution is -2.31. The number of nitrogens with zero attached hydrogens (tertiary/aromatic N) is 1. The third-order valence-corrected chi connectivity index (χ3v) is 3.03. The molecule has 0 spiro atoms. The van der Waals surface area contributed by atoms with Crippen molar-refractivity contribution in [3.63, 3.8) is 0 Å². The predicted molar refractivity (Wildman–Crippen MR) is 52.8 cm³/mol. The first-order valence-corrected chi connectivity index (χ1v) is 5.30. The normalized spacial score (nSPS) is 36.2. The Balaban J connectivity index is 1.76. The van der Waals surface area contributed by atoms with Crippen molar-refractivity contribution in [1.82, 2.24) is 5.43 Å². The Labute approximate surface area is 79.5 Å². The van der Waals surface area contributed by atoms with Crippen molar-refractivity contribution < 1.29 is 4.74 Å². The number of hydrazone groups is 1. The van der Waals surface area contributed by atoms with E-state index in [0.29, 0.717) is 6.04 Å². The minimum Gasteiger partial charge on any atom is -0.379 e. The van der Waals surface area contributed by atoms with E-state index in [1.54, 1.807) is 0 Å². The number of ether oxygens (including phenoxy) is 1. The highest BCUT2D eigenvalue weighted by molar-refractivity contribution is 5.91. The average molecular weight is 182 g/mol. The Morgan fingerprint density at radius 2 is 2.46 bits per heavy atom. The standard InChI is InChI=1S/C10H18N2O/c1-2-8-3-4-10(8)12-11-9-5-6-13-7-9/h8-9,11H,2-7H2,1H3/b12-10+. The Kier molecular flexibility index (Phi) is 2.83. The van der Waals surface area contributed by atoms with Crippen LogP contribution in [0.2, 0.25) is 0 Å². The van der Waals surface area contributed by atoms with E-state index in [1.807, 2.05) is 0 Å². The van der Waals surface area contributed by atoms with Crippen molar-refractivity contribution in [3.8, 4) is 0 Å². The van der Waals surface area contributed by atoms with Crippen molar-refractivity contribution in [2.45, 2.75) is 38.6 Å². The second-order valence-corrected chi connectivity index (χ2v) is 3.94. The van der Waals surface area contributed by atoms with E-state index in [2.05, 4.69) is 17.5 Å². The van der Waals surface area contributed by atoms with Crippen LogP contribution in [0.15, 0.2) is 5.10 Å². The third kappa shape index (κ3) is 2.02. The maximum absolute atomic E-state index is 5.26. The molecule has 0 aromatic carbocycles. The van der Waals surface area contributed by atoms with Gasteiger partial charge in [-0.2, -0.15) is 5.10 Å². The first kappa shape index (κ1) is 9.00. The molecule has 2 unspecified atom stereocenters. The van der Waals surface area contributed by atoms with Crippen LogP contribution in [0.3, 0.4) is 0 Å². The van der Waals surface area contributed by atoms with Gasteiger partial charge in [-0.1, -0.05) is 6.92 Å². The molecule has 0 aromatic heterocycles. The molecule has 1 aliphatic heterocycles. The summed E-state index contributed by atoms with van der Waals surface area (Å²) in [5, 5.41) is 4.45. The fourth-order valence-corrected chi connectivity index (χ4v) is 1.88. The average Bonchev–Trinajstić information content (AvgIpc) is 2.56. The molecule has 0 radical (unpaired) electrons. The van der Waals surface area contributed by atoms with Gasteiger partial charge in [-0.05, 0) is 31.6 Å². The van der Waals surface area contributed by atoms with Gasteiger partial charge in [0.05, 0.1) is 12.6 Å². The number of rotatable bonds is 3. The molecule has 0 aromatic rings. The fraction of sp³-hybridized carbons (Fsp3) is 0.900. The summed E-state index contributed by atoms with van der Waals surface area (Å²) >= 11 is 0. The van der Waals surface area contributed by atoms with Crippen molar-refractivity contribution in [2.24, 2.45) is 11.0 Å². The molecule has 1 aliphatic carbocycles. The predicted octanol–water partition coefficient (Wildman–Crippen LogP) is 1.54. The van der Waals surface area contributed by atoms with Gasteiger partial charge in [0.2, 0.25) is 0 Å². The highest BCUT2D eigenvalue weighted by Crippen LogP contribution is 2.26. The molecule has 1 N–H and O–H groups in total. The monoisotopic (exact) mass is 182 g/mol. The molecule has 0 bridgehead atoms. The van der Waals surface area contributed by atoms with Gasteiger partial charge in [-0.25, -0.2) is 0 Å². The molecule has 2 fully saturated rings. The first-order valence-electron chi connectivity index (χ1n) is 5.30. The summed E-state index contributed by atoms with van der Waals surface area (Å²) in [6.45, 7) is 3.95. The van der Waals surface area contributed by atoms with E-state index in [-0.39, 0.29) is 0 Å². The van der Waals surface area contributed by atoms with E-state index in [0.717, 1.165) is 25.6 Å². The zero-order valence-electron chi connectivity index (χ0n) is 8.25. The quantitative estimate of drug-likeness (QED) is 0.672. The van der Waals surface area contributed by atoms with Crippen molar-refractivity contribution >= 4 is 5.71 Å². The van der Waals surface area contributed by atoms with Gasteiger partial charge in [0.25, 0.3) is 0 Å². The highest BCUT2D eigenvalue weighted by Gasteiger charge is 2.24. The third-order valence-electron chi connectivity index (χ3n) is 3.03. The Morgan fingerprint density at radius 3 is 3.00 bits per heavy atom. The minimum atomic E-state index is 0.464. The summed E-state index contributed by atoms with van der Waals surface area (Å²) in [4.78, 5) is 0. The summed E-state index contributed by atoms with van der Waals surface area (Å²) in [7, 11) is 0. The molecular formula is C10H18N2O. The van der Waals surface area contributed by atoms with Crippen molar-refractivity contribution in [2.75, 3.05) is 13.2 Å². The van der Waals surface area contributed by atoms with Crippen LogP contribution in [-0.4, -0.2) is 25.0 Å². The zero-order valence-corrected chi connectivity index (χ0v) is 8.25. The van der Waals surface area contributed by atoms with E-state index in [1.165, 1.54) is 25.0 Å². The fourth-order valence-electron chi connectivity index (χ4n) is 1.88. The molecule has 1 heterocycles. The molecule has 3 nitrogen and oxygen atoms in total. The topological polar surface area (TPSA) is 33.6 Å². The molecule has 13 heavy (non-hydrogen) atoms. The SMILES string of the molecule is CCC1CC/C1=N\NC1CCOC1. The largest absolute Gasteiger partial charge is 0.379 e. The van der Waals surface area contributed by atoms with Crippen LogP contribution in [0.1, 0.15) is 32.6 Å². The summed E-state index contributed by atoms with van der Waals surface area (Å²) < 4.78 is 5.26. The lowest BCUT2D eigenvalue weighted by atomic mass is 9.81. The molecule has 3 heteroatoms. The van der Waals surface area contributed by atoms with Crippen LogP contribution in [0, 0.1) is 5.92 Å². The van der Waals surface area contributed by atoms with Gasteiger partial charge in [0, 0.05) is 12.3 Å². The van der Waals surface area contributed by atoms with Crippen LogP contribution < -0.4 is 5.43 Å². The van der Waals surface area contributed by atoms with E-state index < -0.39 is 0 Å². The van der Waals surface area contributed by atoms with E-state index in [4.69, 9.17) is 4.74 Å². The van der Waals surface area contributed by atoms with Crippen LogP contribution in [0.4, 0.5) is 0 Å². The number of nitrogens with one attached hydrogen (secondary N) is 1. The number of hydrogen-bond acceptors (Lipinski definition) is 3. The Bertz CT molecular complexity index is 195. The van der Waals surface area contributed by atoms with Gasteiger partial charge in [0.1, 0.15) is 0 Å². The molecule has 1 saturated heterocycles. The summed E-state index contributed by atoms with van der Waals surface area (Å²) in [6, 6.07) is 0.464. The Morgan fingerprint density at radius 1 is 1.54 bits per heavy atom. The Hall–Kier alpha value is -0.570. The maximum Gasteiger partial charge on any atom is 0.0695 e. The van der Waals surface area contributed by atoms with Crippen molar-refractivity contribution in [3.05, 3.63) is 0 Å². The van der Waals surface area contributed by atoms with Gasteiger partial charge in [-0.3, -0.25) is 0 Å². The molecule has 2 atom stereocenters. The summed E-state index contributed by atoms with van der Waals surface area (Å²) in [5.74, 6) is 0.759. The van der Waals surface area contributed by atoms with Crippen molar-refractivity contribution in [1.29, 1.82) is 0 Å².